The van der Waals surface area contributed by atoms with Crippen LogP contribution in [0, 0.1) is 18.7 Å². The van der Waals surface area contributed by atoms with E-state index in [4.69, 9.17) is 16.3 Å². The van der Waals surface area contributed by atoms with Crippen LogP contribution in [0.15, 0.2) is 60.4 Å². The fraction of sp³-hybridized carbons (Fsp3) is 0.538. The second kappa shape index (κ2) is 21.7. The van der Waals surface area contributed by atoms with E-state index in [2.05, 4.69) is 29.7 Å². The molecule has 0 radical (unpaired) electrons. The van der Waals surface area contributed by atoms with Gasteiger partial charge in [0.05, 0.1) is 17.8 Å². The van der Waals surface area contributed by atoms with E-state index in [1.165, 1.54) is 26.4 Å². The molecule has 2 aromatic rings. The van der Waals surface area contributed by atoms with Crippen LogP contribution < -0.4 is 26.9 Å². The van der Waals surface area contributed by atoms with Gasteiger partial charge in [-0.05, 0) is 57.1 Å². The van der Waals surface area contributed by atoms with Gasteiger partial charge in [-0.1, -0.05) is 75.4 Å². The van der Waals surface area contributed by atoms with Crippen molar-refractivity contribution in [1.29, 1.82) is 0 Å². The Morgan fingerprint density at radius 1 is 0.923 bits per heavy atom. The summed E-state index contributed by atoms with van der Waals surface area (Å²) in [5.74, 6) is 3.91. The normalized spacial score (nSPS) is 21.8. The minimum atomic E-state index is -0.938. The Labute approximate surface area is 308 Å². The van der Waals surface area contributed by atoms with Crippen LogP contribution in [-0.2, 0) is 14.4 Å². The van der Waals surface area contributed by atoms with Crippen molar-refractivity contribution < 1.29 is 28.3 Å². The van der Waals surface area contributed by atoms with Crippen molar-refractivity contribution >= 4 is 23.6 Å². The molecule has 1 saturated heterocycles. The molecular weight excluding hydrogens is 665 g/mol. The first-order valence-corrected chi connectivity index (χ1v) is 18.4. The number of hydrogen-bond acceptors (Lipinski definition) is 8. The molecule has 13 heteroatoms. The summed E-state index contributed by atoms with van der Waals surface area (Å²) in [4.78, 5) is 56.2. The van der Waals surface area contributed by atoms with Crippen molar-refractivity contribution in [3.8, 4) is 5.75 Å². The Hall–Kier alpha value is -4.65. The van der Waals surface area contributed by atoms with Gasteiger partial charge in [0.15, 0.2) is 0 Å². The highest BCUT2D eigenvalue weighted by atomic mass is 19.1. The fourth-order valence-corrected chi connectivity index (χ4v) is 6.19. The molecule has 1 fully saturated rings. The molecule has 2 aliphatic heterocycles. The highest BCUT2D eigenvalue weighted by Crippen LogP contribution is 2.24. The summed E-state index contributed by atoms with van der Waals surface area (Å²) in [6.45, 7) is 7.17. The summed E-state index contributed by atoms with van der Waals surface area (Å²) in [5, 5.41) is 7.17. The third-order valence-electron chi connectivity index (χ3n) is 8.91. The number of hydrogen-bond donors (Lipinski definition) is 4. The molecular formula is C39H58FN7O5. The van der Waals surface area contributed by atoms with E-state index in [9.17, 15) is 23.6 Å². The number of hydrazine groups is 1. The van der Waals surface area contributed by atoms with Gasteiger partial charge >= 0.3 is 0 Å². The summed E-state index contributed by atoms with van der Waals surface area (Å²) in [6, 6.07) is 12.1. The first-order valence-electron chi connectivity index (χ1n) is 18.4. The smallest absolute Gasteiger partial charge is 0.255 e. The number of benzene rings is 2. The Bertz CT molecular complexity index is 1490. The van der Waals surface area contributed by atoms with Crippen LogP contribution in [-0.4, -0.2) is 90.4 Å². The number of halogens is 1. The molecule has 286 valence electrons. The van der Waals surface area contributed by atoms with E-state index in [0.29, 0.717) is 44.6 Å². The van der Waals surface area contributed by atoms with Gasteiger partial charge in [0.1, 0.15) is 30.3 Å². The minimum Gasteiger partial charge on any atom is -0.486 e. The first kappa shape index (κ1) is 41.8. The van der Waals surface area contributed by atoms with Crippen molar-refractivity contribution in [3.63, 3.8) is 0 Å². The first-order chi connectivity index (χ1) is 24.8. The average molecular weight is 724 g/mol. The van der Waals surface area contributed by atoms with Crippen LogP contribution in [0.5, 0.6) is 5.75 Å². The summed E-state index contributed by atoms with van der Waals surface area (Å²) < 4.78 is 20.0. The highest BCUT2D eigenvalue weighted by Gasteiger charge is 2.39. The minimum absolute atomic E-state index is 0.0289. The summed E-state index contributed by atoms with van der Waals surface area (Å²) in [5.41, 5.74) is 7.76. The zero-order chi connectivity index (χ0) is 38.0. The zero-order valence-corrected chi connectivity index (χ0v) is 31.2. The standard InChI is InChI=1S/C32H50FN7O5.C7H8/c1-22(2)17-26-31(43)40-16-10-11-27(40)32(44)38(3)20-29(41)36-14-8-6-4-5-7-9-15-39(35)19-24(34)21-45-28-18-23(33)12-13-25(28)30(42)37-26;1-7-5-3-2-4-6-7/h12-13,18-19,22,26-27H,4-11,14-17,20-21,34-35H2,1-3H3,(H,36,41)(H,37,42);2-6H,1H3/b24-19-;. The molecule has 2 heterocycles. The molecule has 0 aliphatic carbocycles. The van der Waals surface area contributed by atoms with Crippen molar-refractivity contribution in [1.82, 2.24) is 25.4 Å². The van der Waals surface area contributed by atoms with Crippen molar-refractivity contribution in [2.75, 3.05) is 39.8 Å². The van der Waals surface area contributed by atoms with E-state index in [0.717, 1.165) is 50.7 Å². The quantitative estimate of drug-likeness (QED) is 0.335. The number of carbonyl (C=O) groups excluding carboxylic acids is 4. The SMILES string of the molecule is CC(C)CC1NC(=O)c2ccc(F)cc2OC/C(N)=C/N(N)CCCCCCCCNC(=O)CN(C)C(=O)C2CCCN2C1=O.Cc1ccccc1. The molecule has 0 bridgehead atoms. The van der Waals surface area contributed by atoms with Crippen LogP contribution in [0.1, 0.15) is 87.6 Å². The van der Waals surface area contributed by atoms with Crippen LogP contribution in [0.25, 0.3) is 0 Å². The molecule has 0 spiro atoms. The highest BCUT2D eigenvalue weighted by molar-refractivity contribution is 6.00. The Morgan fingerprint density at radius 2 is 1.62 bits per heavy atom. The summed E-state index contributed by atoms with van der Waals surface area (Å²) >= 11 is 0. The third kappa shape index (κ3) is 14.2. The topological polar surface area (TPSA) is 163 Å². The lowest BCUT2D eigenvalue weighted by Crippen LogP contribution is -2.54. The van der Waals surface area contributed by atoms with E-state index in [1.807, 2.05) is 32.0 Å². The maximum absolute atomic E-state index is 14.2. The number of ether oxygens (including phenoxy) is 1. The predicted molar refractivity (Wildman–Crippen MR) is 200 cm³/mol. The Kier molecular flexibility index (Phi) is 17.4. The molecule has 4 amide bonds. The molecule has 2 unspecified atom stereocenters. The fourth-order valence-electron chi connectivity index (χ4n) is 6.19. The van der Waals surface area contributed by atoms with E-state index in [-0.39, 0.29) is 48.1 Å². The molecule has 12 nitrogen and oxygen atoms in total. The molecule has 2 aromatic carbocycles. The predicted octanol–water partition coefficient (Wildman–Crippen LogP) is 4.24. The Morgan fingerprint density at radius 3 is 2.29 bits per heavy atom. The van der Waals surface area contributed by atoms with Crippen molar-refractivity contribution in [2.24, 2.45) is 17.5 Å². The monoisotopic (exact) mass is 723 g/mol. The van der Waals surface area contributed by atoms with Gasteiger partial charge in [-0.25, -0.2) is 10.2 Å². The second-order valence-electron chi connectivity index (χ2n) is 14.0. The van der Waals surface area contributed by atoms with Gasteiger partial charge in [0.25, 0.3) is 5.91 Å². The number of nitrogens with zero attached hydrogens (tertiary/aromatic N) is 3. The van der Waals surface area contributed by atoms with E-state index in [1.54, 1.807) is 13.2 Å². The number of amides is 4. The van der Waals surface area contributed by atoms with Gasteiger partial charge in [0, 0.05) is 38.9 Å². The van der Waals surface area contributed by atoms with E-state index >= 15 is 0 Å². The lowest BCUT2D eigenvalue weighted by Gasteiger charge is -2.31. The van der Waals surface area contributed by atoms with Crippen LogP contribution in [0.3, 0.4) is 0 Å². The van der Waals surface area contributed by atoms with Gasteiger partial charge in [-0.2, -0.15) is 0 Å². The largest absolute Gasteiger partial charge is 0.486 e. The molecule has 2 atom stereocenters. The van der Waals surface area contributed by atoms with Gasteiger partial charge < -0.3 is 35.9 Å². The number of carbonyl (C=O) groups is 4. The number of rotatable bonds is 2. The molecule has 4 rings (SSSR count). The number of likely N-dealkylation sites (N-methyl/N-ethyl adjacent to an activating group) is 1. The number of nitrogens with one attached hydrogen (secondary N) is 2. The summed E-state index contributed by atoms with van der Waals surface area (Å²) in [7, 11) is 1.56. The lowest BCUT2D eigenvalue weighted by molar-refractivity contribution is -0.145. The molecule has 52 heavy (non-hydrogen) atoms. The maximum Gasteiger partial charge on any atom is 0.255 e. The third-order valence-corrected chi connectivity index (χ3v) is 8.91. The molecule has 2 aliphatic rings. The molecule has 0 saturated carbocycles. The molecule has 6 N–H and O–H groups in total. The lowest BCUT2D eigenvalue weighted by atomic mass is 10.0. The van der Waals surface area contributed by atoms with E-state index < -0.39 is 23.8 Å². The number of nitrogens with two attached hydrogens (primary N) is 2. The van der Waals surface area contributed by atoms with Crippen molar-refractivity contribution in [2.45, 2.75) is 90.6 Å². The number of aryl methyl sites for hydroxylation is 1. The average Bonchev–Trinajstić information content (AvgIpc) is 3.59. The second-order valence-corrected chi connectivity index (χ2v) is 14.0. The van der Waals surface area contributed by atoms with Crippen LogP contribution in [0.4, 0.5) is 4.39 Å². The zero-order valence-electron chi connectivity index (χ0n) is 31.2. The van der Waals surface area contributed by atoms with Gasteiger partial charge in [-0.3, -0.25) is 19.2 Å². The Balaban J connectivity index is 0.000000927. The van der Waals surface area contributed by atoms with Crippen LogP contribution in [0.2, 0.25) is 0 Å². The van der Waals surface area contributed by atoms with Gasteiger partial charge in [0.2, 0.25) is 17.7 Å². The summed E-state index contributed by atoms with van der Waals surface area (Å²) in [6.07, 6.45) is 8.66. The molecule has 0 aromatic heterocycles. The van der Waals surface area contributed by atoms with Gasteiger partial charge in [-0.15, -0.1) is 0 Å². The number of fused-ring (bicyclic) bond motifs is 2. The van der Waals surface area contributed by atoms with Crippen molar-refractivity contribution in [3.05, 3.63) is 77.4 Å². The maximum atomic E-state index is 14.2. The van der Waals surface area contributed by atoms with Crippen LogP contribution >= 0.6 is 0 Å².